The maximum absolute atomic E-state index is 12.7. The van der Waals surface area contributed by atoms with E-state index in [9.17, 15) is 19.2 Å². The van der Waals surface area contributed by atoms with Gasteiger partial charge in [-0.05, 0) is 52.4 Å². The Kier molecular flexibility index (Phi) is 12.7. The van der Waals surface area contributed by atoms with E-state index in [2.05, 4.69) is 37.6 Å². The van der Waals surface area contributed by atoms with Crippen molar-refractivity contribution >= 4 is 42.3 Å². The van der Waals surface area contributed by atoms with Crippen LogP contribution in [-0.2, 0) is 25.5 Å². The highest BCUT2D eigenvalue weighted by molar-refractivity contribution is 6.98. The summed E-state index contributed by atoms with van der Waals surface area (Å²) in [6, 6.07) is 25.7. The molecule has 0 unspecified atom stereocenters. The number of benzene rings is 3. The van der Waals surface area contributed by atoms with Crippen molar-refractivity contribution in [1.82, 2.24) is 5.32 Å². The van der Waals surface area contributed by atoms with Crippen LogP contribution in [0.15, 0.2) is 110 Å². The van der Waals surface area contributed by atoms with E-state index < -0.39 is 32.3 Å². The molecule has 3 aromatic rings. The van der Waals surface area contributed by atoms with E-state index in [1.54, 1.807) is 12.1 Å². The maximum Gasteiger partial charge on any atom is 0.329 e. The molecule has 0 heterocycles. The molecule has 0 aliphatic heterocycles. The summed E-state index contributed by atoms with van der Waals surface area (Å²) >= 11 is 0. The molecule has 0 aromatic heterocycles. The van der Waals surface area contributed by atoms with Crippen molar-refractivity contribution < 1.29 is 28.7 Å². The Labute approximate surface area is 260 Å². The van der Waals surface area contributed by atoms with Crippen LogP contribution in [0, 0.1) is 0 Å². The van der Waals surface area contributed by atoms with Crippen LogP contribution in [0.1, 0.15) is 38.7 Å². The summed E-state index contributed by atoms with van der Waals surface area (Å²) in [6.07, 6.45) is 4.27. The van der Waals surface area contributed by atoms with E-state index in [1.807, 2.05) is 72.8 Å². The Morgan fingerprint density at radius 1 is 0.864 bits per heavy atom. The van der Waals surface area contributed by atoms with Crippen LogP contribution in [0.4, 0.5) is 10.5 Å². The van der Waals surface area contributed by atoms with Crippen molar-refractivity contribution in [2.24, 2.45) is 0 Å². The first-order valence-electron chi connectivity index (χ1n) is 14.6. The van der Waals surface area contributed by atoms with Crippen molar-refractivity contribution in [3.05, 3.63) is 116 Å². The Morgan fingerprint density at radius 3 is 1.95 bits per heavy atom. The molecule has 0 spiro atoms. The zero-order valence-corrected chi connectivity index (χ0v) is 26.5. The fourth-order valence-corrected chi connectivity index (χ4v) is 8.73. The minimum atomic E-state index is -3.11. The lowest BCUT2D eigenvalue weighted by atomic mass is 10.0. The first-order chi connectivity index (χ1) is 21.1. The number of nitrogens with one attached hydrogen (secondary N) is 2. The van der Waals surface area contributed by atoms with Gasteiger partial charge in [0.2, 0.25) is 0 Å². The number of aryl methyl sites for hydroxylation is 1. The number of carbonyl (C=O) groups is 3. The number of carbonyl (C=O) groups excluding carboxylic acids is 3. The van der Waals surface area contributed by atoms with E-state index in [0.717, 1.165) is 28.8 Å². The maximum atomic E-state index is 12.7. The molecule has 232 valence electrons. The molecule has 3 N–H and O–H groups in total. The quantitative estimate of drug-likeness (QED) is 0.120. The third-order valence-corrected chi connectivity index (χ3v) is 12.1. The van der Waals surface area contributed by atoms with Gasteiger partial charge in [0, 0.05) is 12.1 Å². The van der Waals surface area contributed by atoms with Crippen molar-refractivity contribution in [1.29, 1.82) is 0 Å². The van der Waals surface area contributed by atoms with Crippen LogP contribution >= 0.6 is 0 Å². The molecule has 2 amide bonds. The Balaban J connectivity index is 1.64. The van der Waals surface area contributed by atoms with Gasteiger partial charge in [-0.3, -0.25) is 4.79 Å². The number of esters is 2. The van der Waals surface area contributed by atoms with Gasteiger partial charge in [-0.25, -0.2) is 9.59 Å². The average Bonchev–Trinajstić information content (AvgIpc) is 3.04. The normalized spacial score (nSPS) is 12.0. The molecular weight excluding hydrogens is 572 g/mol. The second kappa shape index (κ2) is 16.4. The summed E-state index contributed by atoms with van der Waals surface area (Å²) in [5, 5.41) is 6.87. The topological polar surface area (TPSA) is 114 Å². The molecule has 3 rings (SSSR count). The Bertz CT molecular complexity index is 1350. The summed E-state index contributed by atoms with van der Waals surface area (Å²) in [4.78, 5) is 49.5. The molecule has 0 aliphatic carbocycles. The monoisotopic (exact) mass is 614 g/mol. The first kappa shape index (κ1) is 34.0. The molecule has 0 fully saturated rings. The smallest absolute Gasteiger partial charge is 0.329 e. The molecule has 44 heavy (non-hydrogen) atoms. The van der Waals surface area contributed by atoms with Crippen LogP contribution in [0.3, 0.4) is 0 Å². The minimum Gasteiger partial charge on any atom is -0.461 e. The predicted octanol–water partition coefficient (Wildman–Crippen LogP) is 4.88. The fraction of sp³-hybridized carbons (Fsp3) is 0.286. The molecular formula is C35H42N2O6Si. The molecule has 0 bridgehead atoms. The highest BCUT2D eigenvalue weighted by Gasteiger charge is 2.49. The predicted molar refractivity (Wildman–Crippen MR) is 176 cm³/mol. The average molecular weight is 615 g/mol. The fourth-order valence-electron chi connectivity index (χ4n) is 5.00. The number of urea groups is 1. The summed E-state index contributed by atoms with van der Waals surface area (Å²) in [5.41, 5.74) is 1.60. The lowest BCUT2D eigenvalue weighted by Crippen LogP contribution is -2.65. The second-order valence-electron chi connectivity index (χ2n) is 11.1. The van der Waals surface area contributed by atoms with Gasteiger partial charge in [-0.1, -0.05) is 112 Å². The van der Waals surface area contributed by atoms with E-state index in [4.69, 9.17) is 9.47 Å². The Morgan fingerprint density at radius 2 is 1.41 bits per heavy atom. The number of amides is 2. The van der Waals surface area contributed by atoms with Crippen molar-refractivity contribution in [2.75, 3.05) is 18.5 Å². The lowest BCUT2D eigenvalue weighted by Gasteiger charge is -2.41. The highest BCUT2D eigenvalue weighted by Crippen LogP contribution is 2.39. The number of rotatable bonds is 16. The van der Waals surface area contributed by atoms with Crippen LogP contribution in [-0.4, -0.2) is 50.3 Å². The SMILES string of the molecule is C=CCOC(=O)CC[C@H](NC(=O)Nc1ccc(CCC(C)(C)[Si](O)(c2ccccc2)c2ccccc2)cc1)C(=O)OCC=C. The number of hydrogen-bond acceptors (Lipinski definition) is 6. The second-order valence-corrected chi connectivity index (χ2v) is 15.0. The van der Waals surface area contributed by atoms with Gasteiger partial charge in [0.05, 0.1) is 0 Å². The molecule has 0 saturated heterocycles. The summed E-state index contributed by atoms with van der Waals surface area (Å²) in [6.45, 7) is 11.3. The standard InChI is InChI=1S/C35H42N2O6Si/c1-5-25-42-32(38)22-21-31(33(39)43-26-6-2)37-34(40)36-28-19-17-27(18-20-28)23-24-35(3,4)44(41,29-13-9-7-10-14-29)30-15-11-8-12-16-30/h5-20,31,41H,1-2,21-26H2,3-4H3,(H2,36,37,40)/t31-/m0/s1. The molecule has 0 saturated carbocycles. The number of hydrogen-bond donors (Lipinski definition) is 3. The van der Waals surface area contributed by atoms with Crippen molar-refractivity contribution in [2.45, 2.75) is 50.6 Å². The van der Waals surface area contributed by atoms with Gasteiger partial charge in [0.15, 0.2) is 0 Å². The zero-order valence-electron chi connectivity index (χ0n) is 25.5. The Hall–Kier alpha value is -4.47. The van der Waals surface area contributed by atoms with E-state index in [-0.39, 0.29) is 31.1 Å². The highest BCUT2D eigenvalue weighted by atomic mass is 28.4. The summed E-state index contributed by atoms with van der Waals surface area (Å²) in [5.74, 6) is -1.19. The molecule has 0 aliphatic rings. The van der Waals surface area contributed by atoms with Crippen LogP contribution in [0.5, 0.6) is 0 Å². The van der Waals surface area contributed by atoms with Gasteiger partial charge >= 0.3 is 18.0 Å². The third kappa shape index (κ3) is 9.26. The van der Waals surface area contributed by atoms with Crippen molar-refractivity contribution in [3.8, 4) is 0 Å². The molecule has 8 nitrogen and oxygen atoms in total. The van der Waals surface area contributed by atoms with Crippen LogP contribution in [0.25, 0.3) is 0 Å². The van der Waals surface area contributed by atoms with E-state index in [1.165, 1.54) is 12.2 Å². The van der Waals surface area contributed by atoms with Gasteiger partial charge in [-0.15, -0.1) is 0 Å². The van der Waals surface area contributed by atoms with Crippen LogP contribution in [0.2, 0.25) is 5.04 Å². The minimum absolute atomic E-state index is 0.00964. The summed E-state index contributed by atoms with van der Waals surface area (Å²) in [7, 11) is -3.11. The molecule has 9 heteroatoms. The third-order valence-electron chi connectivity index (χ3n) is 7.55. The molecule has 1 atom stereocenters. The number of ether oxygens (including phenoxy) is 2. The van der Waals surface area contributed by atoms with E-state index >= 15 is 0 Å². The molecule has 0 radical (unpaired) electrons. The van der Waals surface area contributed by atoms with Crippen molar-refractivity contribution in [3.63, 3.8) is 0 Å². The van der Waals surface area contributed by atoms with E-state index in [0.29, 0.717) is 5.69 Å². The van der Waals surface area contributed by atoms with Crippen LogP contribution < -0.4 is 21.0 Å². The zero-order chi connectivity index (χ0) is 32.0. The van der Waals surface area contributed by atoms with Gasteiger partial charge in [0.1, 0.15) is 19.3 Å². The summed E-state index contributed by atoms with van der Waals surface area (Å²) < 4.78 is 10.0. The van der Waals surface area contributed by atoms with Gasteiger partial charge in [0.25, 0.3) is 8.32 Å². The molecule has 3 aromatic carbocycles. The van der Waals surface area contributed by atoms with Gasteiger partial charge < -0.3 is 24.9 Å². The lowest BCUT2D eigenvalue weighted by molar-refractivity contribution is -0.146. The van der Waals surface area contributed by atoms with Gasteiger partial charge in [-0.2, -0.15) is 0 Å². The largest absolute Gasteiger partial charge is 0.461 e. The first-order valence-corrected chi connectivity index (χ1v) is 16.6. The number of anilines is 1.